The van der Waals surface area contributed by atoms with Crippen LogP contribution in [0.5, 0.6) is 5.75 Å². The van der Waals surface area contributed by atoms with Crippen LogP contribution in [0.4, 0.5) is 0 Å². The lowest BCUT2D eigenvalue weighted by Crippen LogP contribution is -2.19. The number of carbonyl (C=O) groups is 2. The van der Waals surface area contributed by atoms with Crippen molar-refractivity contribution in [2.75, 3.05) is 7.11 Å². The summed E-state index contributed by atoms with van der Waals surface area (Å²) in [6.07, 6.45) is 3.67. The summed E-state index contributed by atoms with van der Waals surface area (Å²) in [5.74, 6) is 0.171. The Morgan fingerprint density at radius 1 is 1.32 bits per heavy atom. The second-order valence-electron chi connectivity index (χ2n) is 4.35. The Morgan fingerprint density at radius 3 is 2.84 bits per heavy atom. The van der Waals surface area contributed by atoms with Crippen LogP contribution in [0.25, 0.3) is 17.0 Å². The number of para-hydroxylation sites is 1. The highest BCUT2D eigenvalue weighted by Gasteiger charge is 2.24. The van der Waals surface area contributed by atoms with E-state index < -0.39 is 0 Å². The van der Waals surface area contributed by atoms with E-state index in [4.69, 9.17) is 4.74 Å². The Bertz CT molecular complexity index is 713. The van der Waals surface area contributed by atoms with Crippen LogP contribution in [0.3, 0.4) is 0 Å². The van der Waals surface area contributed by atoms with Gasteiger partial charge in [0, 0.05) is 22.7 Å². The first-order valence-corrected chi connectivity index (χ1v) is 5.88. The first-order valence-electron chi connectivity index (χ1n) is 5.88. The fraction of sp³-hybridized carbons (Fsp3) is 0.143. The number of imide groups is 1. The van der Waals surface area contributed by atoms with Gasteiger partial charge in [0.2, 0.25) is 5.91 Å². The van der Waals surface area contributed by atoms with Gasteiger partial charge in [-0.25, -0.2) is 0 Å². The predicted octanol–water partition coefficient (Wildman–Crippen LogP) is 1.61. The van der Waals surface area contributed by atoms with Crippen molar-refractivity contribution in [3.05, 3.63) is 35.5 Å². The Hall–Kier alpha value is -2.56. The second-order valence-corrected chi connectivity index (χ2v) is 4.35. The van der Waals surface area contributed by atoms with Gasteiger partial charge in [-0.2, -0.15) is 0 Å². The first-order chi connectivity index (χ1) is 9.19. The third kappa shape index (κ3) is 1.89. The summed E-state index contributed by atoms with van der Waals surface area (Å²) >= 11 is 0. The number of rotatable bonds is 2. The van der Waals surface area contributed by atoms with Crippen LogP contribution in [-0.4, -0.2) is 23.9 Å². The van der Waals surface area contributed by atoms with Crippen LogP contribution in [0.15, 0.2) is 30.0 Å². The van der Waals surface area contributed by atoms with Gasteiger partial charge in [0.05, 0.1) is 19.0 Å². The molecule has 1 saturated heterocycles. The number of aromatic nitrogens is 1. The number of ether oxygens (including phenoxy) is 1. The lowest BCUT2D eigenvalue weighted by molar-refractivity contribution is -0.124. The highest BCUT2D eigenvalue weighted by molar-refractivity contribution is 6.16. The van der Waals surface area contributed by atoms with Gasteiger partial charge in [0.25, 0.3) is 5.91 Å². The Kier molecular flexibility index (Phi) is 2.59. The van der Waals surface area contributed by atoms with E-state index in [0.29, 0.717) is 5.57 Å². The molecule has 0 bridgehead atoms. The average Bonchev–Trinajstić information content (AvgIpc) is 2.94. The largest absolute Gasteiger partial charge is 0.495 e. The molecule has 0 unspecified atom stereocenters. The maximum atomic E-state index is 11.5. The van der Waals surface area contributed by atoms with Crippen molar-refractivity contribution in [3.8, 4) is 5.75 Å². The number of amides is 2. The van der Waals surface area contributed by atoms with Gasteiger partial charge in [0.1, 0.15) is 5.75 Å². The molecule has 1 aromatic carbocycles. The average molecular weight is 256 g/mol. The molecule has 0 radical (unpaired) electrons. The molecule has 2 heterocycles. The van der Waals surface area contributed by atoms with E-state index in [-0.39, 0.29) is 18.2 Å². The minimum atomic E-state index is -0.317. The second kappa shape index (κ2) is 4.28. The van der Waals surface area contributed by atoms with Gasteiger partial charge in [0.15, 0.2) is 0 Å². The topological polar surface area (TPSA) is 71.2 Å². The Balaban J connectivity index is 2.10. The first kappa shape index (κ1) is 11.5. The van der Waals surface area contributed by atoms with Crippen LogP contribution in [0.2, 0.25) is 0 Å². The molecule has 2 amide bonds. The van der Waals surface area contributed by atoms with Gasteiger partial charge in [-0.15, -0.1) is 0 Å². The summed E-state index contributed by atoms with van der Waals surface area (Å²) in [5.41, 5.74) is 2.23. The summed E-state index contributed by atoms with van der Waals surface area (Å²) < 4.78 is 5.26. The molecule has 1 aliphatic rings. The molecule has 0 saturated carbocycles. The van der Waals surface area contributed by atoms with E-state index in [1.807, 2.05) is 18.2 Å². The van der Waals surface area contributed by atoms with Gasteiger partial charge < -0.3 is 9.72 Å². The van der Waals surface area contributed by atoms with Crippen molar-refractivity contribution in [1.29, 1.82) is 0 Å². The number of hydrogen-bond acceptors (Lipinski definition) is 3. The van der Waals surface area contributed by atoms with Gasteiger partial charge in [-0.05, 0) is 12.1 Å². The number of benzene rings is 1. The number of nitrogens with one attached hydrogen (secondary N) is 2. The van der Waals surface area contributed by atoms with E-state index in [9.17, 15) is 9.59 Å². The maximum Gasteiger partial charge on any atom is 0.254 e. The molecule has 1 aromatic heterocycles. The minimum Gasteiger partial charge on any atom is -0.495 e. The fourth-order valence-corrected chi connectivity index (χ4v) is 2.25. The smallest absolute Gasteiger partial charge is 0.254 e. The molecule has 3 rings (SSSR count). The van der Waals surface area contributed by atoms with Crippen molar-refractivity contribution in [2.45, 2.75) is 6.42 Å². The van der Waals surface area contributed by atoms with Crippen molar-refractivity contribution < 1.29 is 14.3 Å². The normalized spacial score (nSPS) is 17.2. The summed E-state index contributed by atoms with van der Waals surface area (Å²) in [6.45, 7) is 0. The van der Waals surface area contributed by atoms with Crippen LogP contribution in [0, 0.1) is 0 Å². The number of methoxy groups -OCH3 is 1. The Morgan fingerprint density at radius 2 is 2.16 bits per heavy atom. The zero-order valence-electron chi connectivity index (χ0n) is 10.3. The molecule has 19 heavy (non-hydrogen) atoms. The number of H-pyrrole nitrogens is 1. The van der Waals surface area contributed by atoms with Gasteiger partial charge >= 0.3 is 0 Å². The molecule has 96 valence electrons. The van der Waals surface area contributed by atoms with Crippen molar-refractivity contribution in [1.82, 2.24) is 10.3 Å². The molecular formula is C14H12N2O3. The number of fused-ring (bicyclic) bond motifs is 1. The number of aromatic amines is 1. The van der Waals surface area contributed by atoms with Crippen LogP contribution < -0.4 is 10.1 Å². The molecule has 1 aliphatic heterocycles. The van der Waals surface area contributed by atoms with Crippen molar-refractivity contribution >= 4 is 28.8 Å². The van der Waals surface area contributed by atoms with Crippen LogP contribution in [0.1, 0.15) is 12.0 Å². The molecular weight excluding hydrogens is 244 g/mol. The molecule has 0 atom stereocenters. The minimum absolute atomic E-state index is 0.134. The predicted molar refractivity (Wildman–Crippen MR) is 70.6 cm³/mol. The lowest BCUT2D eigenvalue weighted by Gasteiger charge is -2.00. The van der Waals surface area contributed by atoms with E-state index >= 15 is 0 Å². The van der Waals surface area contributed by atoms with E-state index in [1.54, 1.807) is 19.4 Å². The highest BCUT2D eigenvalue weighted by atomic mass is 16.5. The third-order valence-electron chi connectivity index (χ3n) is 3.15. The molecule has 5 nitrogen and oxygen atoms in total. The zero-order valence-corrected chi connectivity index (χ0v) is 10.3. The molecule has 0 spiro atoms. The van der Waals surface area contributed by atoms with Crippen LogP contribution >= 0.6 is 0 Å². The fourth-order valence-electron chi connectivity index (χ4n) is 2.25. The SMILES string of the molecule is COc1cccc2c(C=C3CC(=O)NC3=O)c[nH]c12. The monoisotopic (exact) mass is 256 g/mol. The van der Waals surface area contributed by atoms with Crippen LogP contribution in [-0.2, 0) is 9.59 Å². The maximum absolute atomic E-state index is 11.5. The molecule has 0 aliphatic carbocycles. The molecule has 5 heteroatoms. The summed E-state index contributed by atoms with van der Waals surface area (Å²) in [6, 6.07) is 5.69. The summed E-state index contributed by atoms with van der Waals surface area (Å²) in [4.78, 5) is 25.8. The van der Waals surface area contributed by atoms with Crippen molar-refractivity contribution in [3.63, 3.8) is 0 Å². The van der Waals surface area contributed by atoms with E-state index in [2.05, 4.69) is 10.3 Å². The Labute approximate surface area is 109 Å². The third-order valence-corrected chi connectivity index (χ3v) is 3.15. The zero-order chi connectivity index (χ0) is 13.4. The number of carbonyl (C=O) groups excluding carboxylic acids is 2. The molecule has 1 fully saturated rings. The van der Waals surface area contributed by atoms with Gasteiger partial charge in [-0.1, -0.05) is 12.1 Å². The van der Waals surface area contributed by atoms with E-state index in [0.717, 1.165) is 22.2 Å². The summed E-state index contributed by atoms with van der Waals surface area (Å²) in [5, 5.41) is 3.23. The standard InChI is InChI=1S/C14H12N2O3/c1-19-11-4-2-3-10-9(7-15-13(10)11)5-8-6-12(17)16-14(8)18/h2-5,7,15H,6H2,1H3,(H,16,17,18). The van der Waals surface area contributed by atoms with E-state index in [1.165, 1.54) is 0 Å². The number of hydrogen-bond donors (Lipinski definition) is 2. The van der Waals surface area contributed by atoms with Gasteiger partial charge in [-0.3, -0.25) is 14.9 Å². The molecule has 2 aromatic rings. The quantitative estimate of drug-likeness (QED) is 0.633. The van der Waals surface area contributed by atoms with Crippen molar-refractivity contribution in [2.24, 2.45) is 0 Å². The lowest BCUT2D eigenvalue weighted by atomic mass is 10.1. The summed E-state index contributed by atoms with van der Waals surface area (Å²) in [7, 11) is 1.61. The molecule has 2 N–H and O–H groups in total. The highest BCUT2D eigenvalue weighted by Crippen LogP contribution is 2.28.